The summed E-state index contributed by atoms with van der Waals surface area (Å²) in [4.78, 5) is 13.5. The molecule has 0 saturated carbocycles. The quantitative estimate of drug-likeness (QED) is 0.799. The van der Waals surface area contributed by atoms with Gasteiger partial charge in [-0.05, 0) is 18.2 Å². The summed E-state index contributed by atoms with van der Waals surface area (Å²) in [5, 5.41) is 0.723. The van der Waals surface area contributed by atoms with Crippen LogP contribution in [0.1, 0.15) is 6.42 Å². The third-order valence-corrected chi connectivity index (χ3v) is 3.98. The molecule has 0 spiro atoms. The van der Waals surface area contributed by atoms with Gasteiger partial charge in [0.15, 0.2) is 6.10 Å². The van der Waals surface area contributed by atoms with Crippen molar-refractivity contribution in [1.29, 1.82) is 0 Å². The van der Waals surface area contributed by atoms with Crippen molar-refractivity contribution in [2.45, 2.75) is 12.5 Å². The van der Waals surface area contributed by atoms with Crippen LogP contribution in [-0.4, -0.2) is 33.2 Å². The third-order valence-electron chi connectivity index (χ3n) is 2.66. The molecule has 1 aromatic rings. The molecule has 0 aromatic heterocycles. The van der Waals surface area contributed by atoms with E-state index in [1.54, 1.807) is 18.2 Å². The zero-order chi connectivity index (χ0) is 14.2. The molecule has 1 amide bonds. The lowest BCUT2D eigenvalue weighted by atomic mass is 10.3. The summed E-state index contributed by atoms with van der Waals surface area (Å²) < 4.78 is 26.8. The Labute approximate surface area is 121 Å². The molecule has 1 saturated heterocycles. The number of hydrogen-bond donors (Lipinski definition) is 0. The number of nitrogens with zero attached hydrogens (tertiary/aromatic N) is 1. The van der Waals surface area contributed by atoms with Gasteiger partial charge in [-0.3, -0.25) is 8.98 Å². The Balaban J connectivity index is 2.20. The van der Waals surface area contributed by atoms with E-state index in [0.29, 0.717) is 28.7 Å². The van der Waals surface area contributed by atoms with Crippen LogP contribution < -0.4 is 4.90 Å². The molecule has 1 aliphatic rings. The zero-order valence-corrected chi connectivity index (χ0v) is 12.3. The lowest BCUT2D eigenvalue weighted by molar-refractivity contribution is -0.122. The van der Waals surface area contributed by atoms with Gasteiger partial charge >= 0.3 is 0 Å². The number of rotatable bonds is 3. The number of carbonyl (C=O) groups excluding carboxylic acids is 1. The van der Waals surface area contributed by atoms with Gasteiger partial charge in [-0.2, -0.15) is 8.42 Å². The monoisotopic (exact) mass is 323 g/mol. The van der Waals surface area contributed by atoms with Crippen LogP contribution in [0.4, 0.5) is 5.69 Å². The van der Waals surface area contributed by atoms with E-state index in [-0.39, 0.29) is 0 Å². The van der Waals surface area contributed by atoms with Crippen LogP contribution in [-0.2, 0) is 19.1 Å². The number of anilines is 1. The Kier molecular flexibility index (Phi) is 4.06. The summed E-state index contributed by atoms with van der Waals surface area (Å²) in [7, 11) is -3.66. The highest BCUT2D eigenvalue weighted by molar-refractivity contribution is 7.86. The largest absolute Gasteiger partial charge is 0.310 e. The van der Waals surface area contributed by atoms with E-state index >= 15 is 0 Å². The SMILES string of the molecule is CS(=O)(=O)OC1CCN(c2ccc(Cl)c(Cl)c2)C1=O. The Morgan fingerprint density at radius 2 is 2.00 bits per heavy atom. The lowest BCUT2D eigenvalue weighted by Gasteiger charge is -2.17. The molecule has 104 valence electrons. The van der Waals surface area contributed by atoms with Crippen molar-refractivity contribution in [1.82, 2.24) is 0 Å². The molecule has 19 heavy (non-hydrogen) atoms. The number of hydrogen-bond acceptors (Lipinski definition) is 4. The van der Waals surface area contributed by atoms with Gasteiger partial charge in [-0.25, -0.2) is 0 Å². The Morgan fingerprint density at radius 1 is 1.32 bits per heavy atom. The van der Waals surface area contributed by atoms with Crippen LogP contribution in [0.2, 0.25) is 10.0 Å². The summed E-state index contributed by atoms with van der Waals surface area (Å²) in [6.45, 7) is 0.372. The molecule has 1 fully saturated rings. The molecule has 0 bridgehead atoms. The summed E-state index contributed by atoms with van der Waals surface area (Å²) in [5.74, 6) is -0.399. The van der Waals surface area contributed by atoms with Crippen molar-refractivity contribution in [3.05, 3.63) is 28.2 Å². The van der Waals surface area contributed by atoms with Gasteiger partial charge in [0.25, 0.3) is 16.0 Å². The maximum Gasteiger partial charge on any atom is 0.265 e. The predicted octanol–water partition coefficient (Wildman–Crippen LogP) is 2.07. The first-order valence-corrected chi connectivity index (χ1v) is 8.00. The summed E-state index contributed by atoms with van der Waals surface area (Å²) in [6.07, 6.45) is 0.262. The van der Waals surface area contributed by atoms with Gasteiger partial charge in [0.2, 0.25) is 0 Å². The van der Waals surface area contributed by atoms with Gasteiger partial charge < -0.3 is 4.90 Å². The van der Waals surface area contributed by atoms with E-state index in [1.807, 2.05) is 0 Å². The highest BCUT2D eigenvalue weighted by Crippen LogP contribution is 2.30. The summed E-state index contributed by atoms with van der Waals surface area (Å²) in [5.41, 5.74) is 0.569. The fourth-order valence-corrected chi connectivity index (χ4v) is 2.76. The average Bonchev–Trinajstić information content (AvgIpc) is 2.63. The molecule has 0 aliphatic carbocycles. The molecule has 0 radical (unpaired) electrons. The molecule has 1 aliphatic heterocycles. The van der Waals surface area contributed by atoms with Crippen LogP contribution in [0.15, 0.2) is 18.2 Å². The molecule has 5 nitrogen and oxygen atoms in total. The average molecular weight is 324 g/mol. The lowest BCUT2D eigenvalue weighted by Crippen LogP contribution is -2.31. The second kappa shape index (κ2) is 5.28. The highest BCUT2D eigenvalue weighted by atomic mass is 35.5. The van der Waals surface area contributed by atoms with E-state index < -0.39 is 22.1 Å². The van der Waals surface area contributed by atoms with Crippen LogP contribution in [0, 0.1) is 0 Å². The van der Waals surface area contributed by atoms with E-state index in [9.17, 15) is 13.2 Å². The van der Waals surface area contributed by atoms with Crippen LogP contribution in [0.25, 0.3) is 0 Å². The van der Waals surface area contributed by atoms with Crippen LogP contribution >= 0.6 is 23.2 Å². The number of benzene rings is 1. The van der Waals surface area contributed by atoms with E-state index in [0.717, 1.165) is 6.26 Å². The first-order valence-electron chi connectivity index (χ1n) is 5.42. The standard InChI is InChI=1S/C11H11Cl2NO4S/c1-19(16,17)18-10-4-5-14(11(10)15)7-2-3-8(12)9(13)6-7/h2-3,6,10H,4-5H2,1H3. The summed E-state index contributed by atoms with van der Waals surface area (Å²) in [6, 6.07) is 4.79. The first kappa shape index (κ1) is 14.6. The van der Waals surface area contributed by atoms with Crippen LogP contribution in [0.3, 0.4) is 0 Å². The van der Waals surface area contributed by atoms with E-state index in [4.69, 9.17) is 27.4 Å². The normalized spacial score (nSPS) is 20.1. The molecule has 1 unspecified atom stereocenters. The molecule has 1 aromatic carbocycles. The van der Waals surface area contributed by atoms with Crippen molar-refractivity contribution >= 4 is 44.9 Å². The van der Waals surface area contributed by atoms with Gasteiger partial charge in [-0.1, -0.05) is 23.2 Å². The number of amides is 1. The maximum atomic E-state index is 12.0. The third kappa shape index (κ3) is 3.39. The van der Waals surface area contributed by atoms with Gasteiger partial charge in [0.05, 0.1) is 16.3 Å². The van der Waals surface area contributed by atoms with Crippen molar-refractivity contribution < 1.29 is 17.4 Å². The zero-order valence-electron chi connectivity index (χ0n) is 9.97. The predicted molar refractivity (Wildman–Crippen MR) is 73.1 cm³/mol. The highest BCUT2D eigenvalue weighted by Gasteiger charge is 2.35. The smallest absolute Gasteiger partial charge is 0.265 e. The first-order chi connectivity index (χ1) is 8.78. The van der Waals surface area contributed by atoms with Crippen molar-refractivity contribution in [2.75, 3.05) is 17.7 Å². The fourth-order valence-electron chi connectivity index (χ4n) is 1.86. The fraction of sp³-hybridized carbons (Fsp3) is 0.364. The number of carbonyl (C=O) groups is 1. The van der Waals surface area contributed by atoms with E-state index in [2.05, 4.69) is 0 Å². The molecule has 1 heterocycles. The summed E-state index contributed by atoms with van der Waals surface area (Å²) >= 11 is 11.7. The van der Waals surface area contributed by atoms with Gasteiger partial charge in [-0.15, -0.1) is 0 Å². The second-order valence-corrected chi connectivity index (χ2v) is 6.58. The maximum absolute atomic E-state index is 12.0. The molecule has 1 atom stereocenters. The minimum Gasteiger partial charge on any atom is -0.310 e. The van der Waals surface area contributed by atoms with Crippen molar-refractivity contribution in [2.24, 2.45) is 0 Å². The Hall–Kier alpha value is -0.820. The number of halogens is 2. The van der Waals surface area contributed by atoms with Crippen molar-refractivity contribution in [3.63, 3.8) is 0 Å². The molecule has 2 rings (SSSR count). The van der Waals surface area contributed by atoms with E-state index in [1.165, 1.54) is 4.90 Å². The van der Waals surface area contributed by atoms with Crippen molar-refractivity contribution in [3.8, 4) is 0 Å². The van der Waals surface area contributed by atoms with Crippen LogP contribution in [0.5, 0.6) is 0 Å². The minimum atomic E-state index is -3.66. The topological polar surface area (TPSA) is 63.7 Å². The minimum absolute atomic E-state index is 0.312. The van der Waals surface area contributed by atoms with Gasteiger partial charge in [0, 0.05) is 18.7 Å². The Morgan fingerprint density at radius 3 is 2.58 bits per heavy atom. The molecule has 8 heteroatoms. The van der Waals surface area contributed by atoms with Gasteiger partial charge in [0.1, 0.15) is 0 Å². The Bertz CT molecular complexity index is 617. The molecular weight excluding hydrogens is 313 g/mol. The molecule has 0 N–H and O–H groups in total. The second-order valence-electron chi connectivity index (χ2n) is 4.17. The molecular formula is C11H11Cl2NO4S.